The Morgan fingerprint density at radius 2 is 1.97 bits per heavy atom. The van der Waals surface area contributed by atoms with E-state index in [0.29, 0.717) is 16.9 Å². The van der Waals surface area contributed by atoms with Crippen LogP contribution in [0.3, 0.4) is 0 Å². The van der Waals surface area contributed by atoms with E-state index in [0.717, 1.165) is 31.8 Å². The lowest BCUT2D eigenvalue weighted by Gasteiger charge is -2.18. The van der Waals surface area contributed by atoms with Gasteiger partial charge in [-0.05, 0) is 61.9 Å². The number of rotatable bonds is 7. The van der Waals surface area contributed by atoms with Crippen LogP contribution < -0.4 is 0 Å². The van der Waals surface area contributed by atoms with E-state index >= 15 is 0 Å². The lowest BCUT2D eigenvalue weighted by molar-refractivity contribution is -0.0907. The fourth-order valence-electron chi connectivity index (χ4n) is 3.75. The molecule has 1 aliphatic rings. The maximum absolute atomic E-state index is 14.1. The van der Waals surface area contributed by atoms with Crippen LogP contribution in [0, 0.1) is 16.6 Å². The van der Waals surface area contributed by atoms with Crippen molar-refractivity contribution in [1.29, 1.82) is 10.8 Å². The van der Waals surface area contributed by atoms with E-state index in [4.69, 9.17) is 10.8 Å². The molecule has 0 saturated heterocycles. The summed E-state index contributed by atoms with van der Waals surface area (Å²) in [5.74, 6) is -0.0108. The number of aliphatic imine (C=N–C) groups is 1. The highest BCUT2D eigenvalue weighted by Crippen LogP contribution is 2.41. The zero-order valence-corrected chi connectivity index (χ0v) is 19.6. The van der Waals surface area contributed by atoms with E-state index in [-0.39, 0.29) is 28.6 Å². The molecule has 3 aromatic rings. The number of pyridine rings is 1. The van der Waals surface area contributed by atoms with E-state index in [9.17, 15) is 17.6 Å². The molecule has 2 heterocycles. The van der Waals surface area contributed by atoms with Crippen LogP contribution in [0.5, 0.6) is 0 Å². The average molecular weight is 498 g/mol. The number of aromatic nitrogens is 3. The maximum atomic E-state index is 14.1. The molecule has 1 saturated carbocycles. The SMILES string of the molecule is C=N/C(=C(\C)C(F)(F)F)c1cnn(-c2cc(-c3ccc(F)cc3C(=N)N(C)C=N)cc(C3CC3)n2)c1. The van der Waals surface area contributed by atoms with Crippen LogP contribution >= 0.6 is 0 Å². The zero-order valence-electron chi connectivity index (χ0n) is 19.6. The quantitative estimate of drug-likeness (QED) is 0.245. The predicted molar refractivity (Wildman–Crippen MR) is 130 cm³/mol. The van der Waals surface area contributed by atoms with Crippen molar-refractivity contribution in [3.63, 3.8) is 0 Å². The van der Waals surface area contributed by atoms with Crippen molar-refractivity contribution in [3.05, 3.63) is 70.9 Å². The molecule has 0 atom stereocenters. The molecular formula is C25H23F4N7. The Kier molecular flexibility index (Phi) is 6.57. The Labute approximate surface area is 204 Å². The summed E-state index contributed by atoms with van der Waals surface area (Å²) in [6, 6.07) is 7.61. The number of halogens is 4. The molecule has 2 N–H and O–H groups in total. The van der Waals surface area contributed by atoms with Gasteiger partial charge in [0.25, 0.3) is 0 Å². The van der Waals surface area contributed by atoms with Crippen molar-refractivity contribution in [2.75, 3.05) is 7.05 Å². The summed E-state index contributed by atoms with van der Waals surface area (Å²) in [5.41, 5.74) is 1.17. The van der Waals surface area contributed by atoms with Gasteiger partial charge in [-0.1, -0.05) is 6.07 Å². The third-order valence-corrected chi connectivity index (χ3v) is 5.95. The fourth-order valence-corrected chi connectivity index (χ4v) is 3.75. The van der Waals surface area contributed by atoms with Crippen molar-refractivity contribution in [1.82, 2.24) is 19.7 Å². The van der Waals surface area contributed by atoms with Crippen molar-refractivity contribution in [3.8, 4) is 16.9 Å². The molecule has 1 aliphatic carbocycles. The van der Waals surface area contributed by atoms with Gasteiger partial charge in [0.15, 0.2) is 5.82 Å². The van der Waals surface area contributed by atoms with Gasteiger partial charge in [0, 0.05) is 36.0 Å². The van der Waals surface area contributed by atoms with E-state index in [1.165, 1.54) is 41.2 Å². The minimum absolute atomic E-state index is 0.0679. The molecule has 0 radical (unpaired) electrons. The van der Waals surface area contributed by atoms with Crippen LogP contribution in [0.1, 0.15) is 42.5 Å². The fraction of sp³-hybridized carbons (Fsp3) is 0.240. The lowest BCUT2D eigenvalue weighted by Crippen LogP contribution is -2.25. The first-order valence-electron chi connectivity index (χ1n) is 11.0. The first-order valence-corrected chi connectivity index (χ1v) is 11.0. The summed E-state index contributed by atoms with van der Waals surface area (Å²) in [6.45, 7) is 4.21. The number of benzene rings is 1. The molecule has 7 nitrogen and oxygen atoms in total. The Morgan fingerprint density at radius 1 is 1.25 bits per heavy atom. The number of hydrogen-bond acceptors (Lipinski definition) is 5. The Morgan fingerprint density at radius 3 is 2.58 bits per heavy atom. The van der Waals surface area contributed by atoms with Gasteiger partial charge in [-0.25, -0.2) is 14.1 Å². The van der Waals surface area contributed by atoms with E-state index in [1.807, 2.05) is 6.07 Å². The van der Waals surface area contributed by atoms with Crippen LogP contribution in [-0.2, 0) is 0 Å². The minimum Gasteiger partial charge on any atom is -0.321 e. The highest BCUT2D eigenvalue weighted by Gasteiger charge is 2.33. The largest absolute Gasteiger partial charge is 0.414 e. The van der Waals surface area contributed by atoms with Crippen LogP contribution in [-0.4, -0.2) is 51.8 Å². The molecule has 1 fully saturated rings. The van der Waals surface area contributed by atoms with Gasteiger partial charge < -0.3 is 4.90 Å². The van der Waals surface area contributed by atoms with Crippen molar-refractivity contribution < 1.29 is 17.6 Å². The van der Waals surface area contributed by atoms with Gasteiger partial charge in [-0.2, -0.15) is 18.3 Å². The highest BCUT2D eigenvalue weighted by atomic mass is 19.4. The molecule has 0 spiro atoms. The second-order valence-corrected chi connectivity index (χ2v) is 8.49. The second kappa shape index (κ2) is 9.48. The van der Waals surface area contributed by atoms with Gasteiger partial charge in [-0.3, -0.25) is 15.8 Å². The minimum atomic E-state index is -4.57. The van der Waals surface area contributed by atoms with Gasteiger partial charge >= 0.3 is 6.18 Å². The van der Waals surface area contributed by atoms with Crippen LogP contribution in [0.4, 0.5) is 17.6 Å². The van der Waals surface area contributed by atoms with Crippen LogP contribution in [0.2, 0.25) is 0 Å². The lowest BCUT2D eigenvalue weighted by atomic mass is 9.97. The summed E-state index contributed by atoms with van der Waals surface area (Å²) in [6.07, 6.45) is 0.948. The van der Waals surface area contributed by atoms with Gasteiger partial charge in [0.05, 0.1) is 23.8 Å². The van der Waals surface area contributed by atoms with E-state index in [2.05, 4.69) is 21.8 Å². The van der Waals surface area contributed by atoms with Crippen LogP contribution in [0.25, 0.3) is 22.6 Å². The standard InChI is InChI=1S/C25H23F4N7/c1-14(25(27,28)29)23(32-2)17-11-33-36(12-17)22-9-16(8-21(34-22)15-4-5-15)19-7-6-18(26)10-20(19)24(31)35(3)13-30/h6-13,15,30-31H,2,4-5H2,1,3H3/b23-14+,30-13?,31-24?. The monoisotopic (exact) mass is 497 g/mol. The van der Waals surface area contributed by atoms with Crippen molar-refractivity contribution >= 4 is 24.6 Å². The number of alkyl halides is 3. The zero-order chi connectivity index (χ0) is 26.2. The molecule has 0 aliphatic heterocycles. The Balaban J connectivity index is 1.85. The average Bonchev–Trinajstić information content (AvgIpc) is 3.60. The number of amidine groups is 1. The maximum Gasteiger partial charge on any atom is 0.414 e. The van der Waals surface area contributed by atoms with E-state index < -0.39 is 17.6 Å². The van der Waals surface area contributed by atoms with Gasteiger partial charge in [-0.15, -0.1) is 0 Å². The van der Waals surface area contributed by atoms with Gasteiger partial charge in [0.1, 0.15) is 11.7 Å². The Bertz CT molecular complexity index is 1380. The highest BCUT2D eigenvalue weighted by molar-refractivity contribution is 6.06. The number of nitrogens with zero attached hydrogens (tertiary/aromatic N) is 5. The first kappa shape index (κ1) is 25.0. The molecule has 0 unspecified atom stereocenters. The molecule has 2 aromatic heterocycles. The molecule has 186 valence electrons. The molecule has 4 rings (SSSR count). The normalized spacial score (nSPS) is 14.3. The second-order valence-electron chi connectivity index (χ2n) is 8.49. The summed E-state index contributed by atoms with van der Waals surface area (Å²) >= 11 is 0. The predicted octanol–water partition coefficient (Wildman–Crippen LogP) is 5.81. The number of allylic oxidation sites excluding steroid dienone is 1. The van der Waals surface area contributed by atoms with Gasteiger partial charge in [0.2, 0.25) is 0 Å². The Hall–Kier alpha value is -4.15. The summed E-state index contributed by atoms with van der Waals surface area (Å²) in [7, 11) is 1.52. The summed E-state index contributed by atoms with van der Waals surface area (Å²) in [5, 5.41) is 20.1. The summed E-state index contributed by atoms with van der Waals surface area (Å²) < 4.78 is 55.2. The molecule has 0 bridgehead atoms. The molecular weight excluding hydrogens is 474 g/mol. The summed E-state index contributed by atoms with van der Waals surface area (Å²) in [4.78, 5) is 9.49. The third kappa shape index (κ3) is 4.95. The van der Waals surface area contributed by atoms with Crippen LogP contribution in [0.15, 0.2) is 53.3 Å². The topological polar surface area (TPSA) is 94.0 Å². The molecule has 11 heteroatoms. The van der Waals surface area contributed by atoms with Crippen molar-refractivity contribution in [2.24, 2.45) is 4.99 Å². The first-order chi connectivity index (χ1) is 17.0. The molecule has 36 heavy (non-hydrogen) atoms. The molecule has 1 aromatic carbocycles. The van der Waals surface area contributed by atoms with E-state index in [1.54, 1.807) is 12.1 Å². The number of hydrogen-bond donors (Lipinski definition) is 2. The molecule has 0 amide bonds. The third-order valence-electron chi connectivity index (χ3n) is 5.95. The smallest absolute Gasteiger partial charge is 0.321 e. The van der Waals surface area contributed by atoms with Crippen molar-refractivity contribution in [2.45, 2.75) is 31.9 Å². The number of nitrogens with one attached hydrogen (secondary N) is 2.